The van der Waals surface area contributed by atoms with Gasteiger partial charge in [0.2, 0.25) is 0 Å². The van der Waals surface area contributed by atoms with E-state index in [0.717, 1.165) is 49.5 Å². The molecule has 2 aromatic rings. The average molecular weight is 367 g/mol. The molecule has 4 rings (SSSR count). The van der Waals surface area contributed by atoms with Crippen LogP contribution in [0, 0.1) is 6.92 Å². The number of hydrogen-bond acceptors (Lipinski definition) is 4. The Kier molecular flexibility index (Phi) is 5.20. The van der Waals surface area contributed by atoms with Gasteiger partial charge >= 0.3 is 0 Å². The highest BCUT2D eigenvalue weighted by Gasteiger charge is 2.35. The zero-order valence-corrected chi connectivity index (χ0v) is 16.5. The highest BCUT2D eigenvalue weighted by Crippen LogP contribution is 2.34. The Labute approximate surface area is 162 Å². The monoisotopic (exact) mass is 366 g/mol. The number of piperidine rings is 1. The van der Waals surface area contributed by atoms with Crippen LogP contribution in [-0.2, 0) is 25.0 Å². The highest BCUT2D eigenvalue weighted by molar-refractivity contribution is 5.45. The van der Waals surface area contributed by atoms with Crippen molar-refractivity contribution in [3.8, 4) is 5.75 Å². The smallest absolute Gasteiger partial charge is 0.124 e. The van der Waals surface area contributed by atoms with Crippen molar-refractivity contribution < 1.29 is 9.84 Å². The third-order valence-electron chi connectivity index (χ3n) is 6.04. The Morgan fingerprint density at radius 1 is 1.15 bits per heavy atom. The predicted octanol–water partition coefficient (Wildman–Crippen LogP) is 3.76. The maximum Gasteiger partial charge on any atom is 0.124 e. The van der Waals surface area contributed by atoms with Crippen LogP contribution in [0.2, 0.25) is 0 Å². The van der Waals surface area contributed by atoms with Gasteiger partial charge in [-0.1, -0.05) is 12.1 Å². The second-order valence-electron chi connectivity index (χ2n) is 8.04. The fraction of sp³-hybridized carbons (Fsp3) is 0.522. The molecule has 1 aromatic heterocycles. The maximum absolute atomic E-state index is 11.1. The number of rotatable bonds is 5. The summed E-state index contributed by atoms with van der Waals surface area (Å²) in [6.07, 6.45) is 6.91. The number of aromatic nitrogens is 1. The van der Waals surface area contributed by atoms with Crippen LogP contribution < -0.4 is 4.74 Å². The van der Waals surface area contributed by atoms with Gasteiger partial charge in [-0.2, -0.15) is 0 Å². The van der Waals surface area contributed by atoms with Crippen molar-refractivity contribution >= 4 is 0 Å². The maximum atomic E-state index is 11.1. The van der Waals surface area contributed by atoms with E-state index < -0.39 is 5.60 Å². The first-order valence-electron chi connectivity index (χ1n) is 10.2. The minimum atomic E-state index is -0.801. The van der Waals surface area contributed by atoms with Crippen molar-refractivity contribution in [2.24, 2.45) is 0 Å². The Morgan fingerprint density at radius 3 is 2.56 bits per heavy atom. The molecule has 0 bridgehead atoms. The van der Waals surface area contributed by atoms with Crippen LogP contribution in [0.15, 0.2) is 30.5 Å². The van der Waals surface area contributed by atoms with Gasteiger partial charge in [0.05, 0.1) is 12.3 Å². The lowest BCUT2D eigenvalue weighted by molar-refractivity contribution is -0.0312. The van der Waals surface area contributed by atoms with Crippen LogP contribution >= 0.6 is 0 Å². The molecular weight excluding hydrogens is 336 g/mol. The summed E-state index contributed by atoms with van der Waals surface area (Å²) in [5.74, 6) is 1.04. The molecule has 1 fully saturated rings. The van der Waals surface area contributed by atoms with Gasteiger partial charge in [0.15, 0.2) is 0 Å². The first-order valence-corrected chi connectivity index (χ1v) is 10.2. The Morgan fingerprint density at radius 2 is 1.89 bits per heavy atom. The number of aliphatic hydroxyl groups is 1. The van der Waals surface area contributed by atoms with E-state index in [2.05, 4.69) is 22.0 Å². The molecule has 0 radical (unpaired) electrons. The van der Waals surface area contributed by atoms with Crippen molar-refractivity contribution in [3.63, 3.8) is 0 Å². The van der Waals surface area contributed by atoms with Crippen molar-refractivity contribution in [1.29, 1.82) is 0 Å². The van der Waals surface area contributed by atoms with E-state index in [0.29, 0.717) is 6.61 Å². The molecule has 0 amide bonds. The van der Waals surface area contributed by atoms with Crippen LogP contribution in [0.1, 0.15) is 54.1 Å². The van der Waals surface area contributed by atoms with Gasteiger partial charge in [-0.05, 0) is 74.8 Å². The lowest BCUT2D eigenvalue weighted by atomic mass is 9.87. The summed E-state index contributed by atoms with van der Waals surface area (Å²) in [5, 5.41) is 11.1. The largest absolute Gasteiger partial charge is 0.494 e. The molecule has 2 heterocycles. The minimum Gasteiger partial charge on any atom is -0.494 e. The van der Waals surface area contributed by atoms with Crippen LogP contribution in [-0.4, -0.2) is 34.7 Å². The SMILES string of the molecule is CCOc1cc2c(cc1CN1CCC(O)(c3ccc(C)cn3)CC1)CCC2. The zero-order valence-electron chi connectivity index (χ0n) is 16.5. The van der Waals surface area contributed by atoms with Gasteiger partial charge in [0.1, 0.15) is 11.4 Å². The molecule has 0 atom stereocenters. The van der Waals surface area contributed by atoms with Crippen LogP contribution in [0.5, 0.6) is 5.75 Å². The molecule has 1 N–H and O–H groups in total. The number of pyridine rings is 1. The summed E-state index contributed by atoms with van der Waals surface area (Å²) in [6, 6.07) is 8.62. The fourth-order valence-corrected chi connectivity index (χ4v) is 4.39. The van der Waals surface area contributed by atoms with Crippen LogP contribution in [0.25, 0.3) is 0 Å². The Bertz CT molecular complexity index is 793. The van der Waals surface area contributed by atoms with Gasteiger partial charge in [0.25, 0.3) is 0 Å². The van der Waals surface area contributed by atoms with Gasteiger partial charge in [-0.25, -0.2) is 0 Å². The number of aryl methyl sites for hydroxylation is 3. The van der Waals surface area contributed by atoms with E-state index in [1.54, 1.807) is 0 Å². The minimum absolute atomic E-state index is 0.699. The molecule has 144 valence electrons. The Balaban J connectivity index is 1.45. The van der Waals surface area contributed by atoms with Crippen molar-refractivity contribution in [2.45, 2.75) is 58.1 Å². The molecule has 1 aliphatic heterocycles. The van der Waals surface area contributed by atoms with Gasteiger partial charge in [0, 0.05) is 31.4 Å². The number of benzene rings is 1. The molecule has 0 unspecified atom stereocenters. The van der Waals surface area contributed by atoms with Crippen molar-refractivity contribution in [1.82, 2.24) is 9.88 Å². The third-order valence-corrected chi connectivity index (χ3v) is 6.04. The van der Waals surface area contributed by atoms with Crippen molar-refractivity contribution in [3.05, 3.63) is 58.4 Å². The van der Waals surface area contributed by atoms with E-state index in [-0.39, 0.29) is 0 Å². The zero-order chi connectivity index (χ0) is 18.9. The predicted molar refractivity (Wildman–Crippen MR) is 107 cm³/mol. The number of ether oxygens (including phenoxy) is 1. The molecular formula is C23H30N2O2. The number of fused-ring (bicyclic) bond motifs is 1. The fourth-order valence-electron chi connectivity index (χ4n) is 4.39. The van der Waals surface area contributed by atoms with E-state index in [9.17, 15) is 5.11 Å². The van der Waals surface area contributed by atoms with E-state index in [1.807, 2.05) is 32.2 Å². The Hall–Kier alpha value is -1.91. The van der Waals surface area contributed by atoms with Gasteiger partial charge in [-0.3, -0.25) is 9.88 Å². The summed E-state index contributed by atoms with van der Waals surface area (Å²) in [7, 11) is 0. The van der Waals surface area contributed by atoms with Crippen LogP contribution in [0.4, 0.5) is 0 Å². The lowest BCUT2D eigenvalue weighted by Gasteiger charge is -2.38. The molecule has 2 aliphatic rings. The van der Waals surface area contributed by atoms with E-state index in [4.69, 9.17) is 4.74 Å². The summed E-state index contributed by atoms with van der Waals surface area (Å²) in [4.78, 5) is 6.90. The average Bonchev–Trinajstić information content (AvgIpc) is 3.12. The van der Waals surface area contributed by atoms with E-state index in [1.165, 1.54) is 36.0 Å². The standard InChI is InChI=1S/C23H30N2O2/c1-3-27-21-14-19-6-4-5-18(19)13-20(21)16-25-11-9-23(26,10-12-25)22-8-7-17(2)15-24-22/h7-8,13-15,26H,3-6,9-12,16H2,1-2H3. The number of hydrogen-bond donors (Lipinski definition) is 1. The second kappa shape index (κ2) is 7.61. The van der Waals surface area contributed by atoms with E-state index >= 15 is 0 Å². The first-order chi connectivity index (χ1) is 13.1. The van der Waals surface area contributed by atoms with Gasteiger partial charge < -0.3 is 9.84 Å². The molecule has 1 aliphatic carbocycles. The first kappa shape index (κ1) is 18.5. The molecule has 27 heavy (non-hydrogen) atoms. The molecule has 0 saturated carbocycles. The second-order valence-corrected chi connectivity index (χ2v) is 8.04. The normalized spacial score (nSPS) is 19.1. The molecule has 1 saturated heterocycles. The third kappa shape index (κ3) is 3.87. The molecule has 0 spiro atoms. The van der Waals surface area contributed by atoms with Gasteiger partial charge in [-0.15, -0.1) is 0 Å². The lowest BCUT2D eigenvalue weighted by Crippen LogP contribution is -2.42. The molecule has 4 heteroatoms. The molecule has 1 aromatic carbocycles. The van der Waals surface area contributed by atoms with Crippen LogP contribution in [0.3, 0.4) is 0 Å². The highest BCUT2D eigenvalue weighted by atomic mass is 16.5. The summed E-state index contributed by atoms with van der Waals surface area (Å²) in [5.41, 5.74) is 5.37. The summed E-state index contributed by atoms with van der Waals surface area (Å²) < 4.78 is 5.94. The summed E-state index contributed by atoms with van der Waals surface area (Å²) >= 11 is 0. The number of likely N-dealkylation sites (tertiary alicyclic amines) is 1. The summed E-state index contributed by atoms with van der Waals surface area (Å²) in [6.45, 7) is 7.40. The molecule has 4 nitrogen and oxygen atoms in total. The topological polar surface area (TPSA) is 45.6 Å². The quantitative estimate of drug-likeness (QED) is 0.875. The number of nitrogens with zero attached hydrogens (tertiary/aromatic N) is 2. The van der Waals surface area contributed by atoms with Crippen molar-refractivity contribution in [2.75, 3.05) is 19.7 Å².